The Morgan fingerprint density at radius 2 is 1.78 bits per heavy atom. The van der Waals surface area contributed by atoms with E-state index in [1.807, 2.05) is 30.5 Å². The van der Waals surface area contributed by atoms with Crippen molar-refractivity contribution in [3.8, 4) is 0 Å². The third-order valence-electron chi connectivity index (χ3n) is 3.67. The number of fused-ring (bicyclic) bond motifs is 1. The zero-order valence-corrected chi connectivity index (χ0v) is 12.8. The lowest BCUT2D eigenvalue weighted by atomic mass is 10.1. The third kappa shape index (κ3) is 3.06. The van der Waals surface area contributed by atoms with Crippen molar-refractivity contribution in [2.24, 2.45) is 0 Å². The molecular formula is C17H16F3N3. The van der Waals surface area contributed by atoms with Crippen LogP contribution in [0, 0.1) is 0 Å². The predicted octanol–water partition coefficient (Wildman–Crippen LogP) is 4.62. The Labute approximate surface area is 131 Å². The highest BCUT2D eigenvalue weighted by molar-refractivity contribution is 5.71. The van der Waals surface area contributed by atoms with Crippen LogP contribution in [0.15, 0.2) is 42.6 Å². The molecule has 3 aromatic rings. The maximum Gasteiger partial charge on any atom is 0.416 e. The molecule has 3 rings (SSSR count). The van der Waals surface area contributed by atoms with Crippen molar-refractivity contribution in [2.45, 2.75) is 32.5 Å². The number of rotatable bonds is 3. The molecule has 0 bridgehead atoms. The Hall–Kier alpha value is -2.37. The van der Waals surface area contributed by atoms with Gasteiger partial charge in [0.25, 0.3) is 0 Å². The average molecular weight is 319 g/mol. The number of hydrogen-bond acceptors (Lipinski definition) is 2. The maximum atomic E-state index is 12.6. The van der Waals surface area contributed by atoms with E-state index < -0.39 is 11.7 Å². The molecule has 0 aliphatic heterocycles. The summed E-state index contributed by atoms with van der Waals surface area (Å²) in [5.41, 5.74) is 1.68. The quantitative estimate of drug-likeness (QED) is 0.705. The van der Waals surface area contributed by atoms with Crippen LogP contribution in [0.1, 0.15) is 36.7 Å². The number of benzene rings is 1. The van der Waals surface area contributed by atoms with Gasteiger partial charge in [-0.25, -0.2) is 9.97 Å². The zero-order chi connectivity index (χ0) is 16.6. The van der Waals surface area contributed by atoms with Gasteiger partial charge in [-0.05, 0) is 29.8 Å². The van der Waals surface area contributed by atoms with Gasteiger partial charge in [-0.3, -0.25) is 0 Å². The van der Waals surface area contributed by atoms with E-state index in [9.17, 15) is 13.2 Å². The second-order valence-electron chi connectivity index (χ2n) is 5.75. The van der Waals surface area contributed by atoms with Gasteiger partial charge in [-0.15, -0.1) is 0 Å². The van der Waals surface area contributed by atoms with Crippen LogP contribution in [0.3, 0.4) is 0 Å². The molecule has 0 radical (unpaired) electrons. The molecule has 0 amide bonds. The van der Waals surface area contributed by atoms with Crippen molar-refractivity contribution < 1.29 is 13.2 Å². The minimum absolute atomic E-state index is 0.193. The van der Waals surface area contributed by atoms with Gasteiger partial charge in [-0.2, -0.15) is 13.2 Å². The summed E-state index contributed by atoms with van der Waals surface area (Å²) in [5, 5.41) is 0. The lowest BCUT2D eigenvalue weighted by molar-refractivity contribution is -0.137. The lowest BCUT2D eigenvalue weighted by Crippen LogP contribution is -2.08. The Balaban J connectivity index is 1.99. The first kappa shape index (κ1) is 15.5. The summed E-state index contributed by atoms with van der Waals surface area (Å²) < 4.78 is 39.9. The first-order valence-corrected chi connectivity index (χ1v) is 7.33. The second-order valence-corrected chi connectivity index (χ2v) is 5.75. The summed E-state index contributed by atoms with van der Waals surface area (Å²) in [7, 11) is 0. The van der Waals surface area contributed by atoms with E-state index in [1.165, 1.54) is 12.1 Å². The van der Waals surface area contributed by atoms with Gasteiger partial charge in [0.15, 0.2) is 5.65 Å². The molecule has 6 heteroatoms. The van der Waals surface area contributed by atoms with Crippen LogP contribution in [0.5, 0.6) is 0 Å². The van der Waals surface area contributed by atoms with E-state index in [4.69, 9.17) is 0 Å². The third-order valence-corrected chi connectivity index (χ3v) is 3.67. The minimum Gasteiger partial charge on any atom is -0.308 e. The molecule has 0 spiro atoms. The lowest BCUT2D eigenvalue weighted by Gasteiger charge is -2.12. The molecule has 0 fully saturated rings. The fraction of sp³-hybridized carbons (Fsp3) is 0.294. The van der Waals surface area contributed by atoms with Crippen molar-refractivity contribution in [2.75, 3.05) is 0 Å². The summed E-state index contributed by atoms with van der Waals surface area (Å²) in [4.78, 5) is 8.94. The summed E-state index contributed by atoms with van der Waals surface area (Å²) in [6, 6.07) is 8.93. The number of nitrogens with zero attached hydrogens (tertiary/aromatic N) is 3. The van der Waals surface area contributed by atoms with E-state index in [0.717, 1.165) is 34.7 Å². The number of imidazole rings is 1. The van der Waals surface area contributed by atoms with Gasteiger partial charge >= 0.3 is 6.18 Å². The van der Waals surface area contributed by atoms with E-state index in [1.54, 1.807) is 6.20 Å². The summed E-state index contributed by atoms with van der Waals surface area (Å²) in [5.74, 6) is 1.07. The molecule has 0 aliphatic rings. The fourth-order valence-corrected chi connectivity index (χ4v) is 2.55. The minimum atomic E-state index is -4.31. The summed E-state index contributed by atoms with van der Waals surface area (Å²) in [6.45, 7) is 4.51. The molecular weight excluding hydrogens is 303 g/mol. The molecule has 0 atom stereocenters. The molecule has 0 saturated heterocycles. The standard InChI is InChI=1S/C17H16F3N3/c1-11(2)15-22-14-4-3-9-21-16(14)23(15)10-12-5-7-13(8-6-12)17(18,19)20/h3-9,11H,10H2,1-2H3. The van der Waals surface area contributed by atoms with Gasteiger partial charge < -0.3 is 4.57 Å². The van der Waals surface area contributed by atoms with Crippen LogP contribution in [0.25, 0.3) is 11.2 Å². The van der Waals surface area contributed by atoms with Crippen LogP contribution < -0.4 is 0 Å². The molecule has 0 saturated carbocycles. The molecule has 23 heavy (non-hydrogen) atoms. The number of halogens is 3. The molecule has 2 heterocycles. The summed E-state index contributed by atoms with van der Waals surface area (Å²) in [6.07, 6.45) is -2.62. The molecule has 0 unspecified atom stereocenters. The van der Waals surface area contributed by atoms with Gasteiger partial charge in [0, 0.05) is 12.1 Å². The van der Waals surface area contributed by atoms with E-state index in [-0.39, 0.29) is 5.92 Å². The van der Waals surface area contributed by atoms with Crippen LogP contribution in [-0.2, 0) is 12.7 Å². The first-order valence-electron chi connectivity index (χ1n) is 7.33. The highest BCUT2D eigenvalue weighted by atomic mass is 19.4. The van der Waals surface area contributed by atoms with Crippen molar-refractivity contribution in [3.63, 3.8) is 0 Å². The Morgan fingerprint density at radius 3 is 2.39 bits per heavy atom. The van der Waals surface area contributed by atoms with Crippen LogP contribution in [0.4, 0.5) is 13.2 Å². The Kier molecular flexibility index (Phi) is 3.83. The molecule has 120 valence electrons. The second kappa shape index (κ2) is 5.68. The van der Waals surface area contributed by atoms with Crippen molar-refractivity contribution >= 4 is 11.2 Å². The Bertz CT molecular complexity index is 817. The highest BCUT2D eigenvalue weighted by Crippen LogP contribution is 2.29. The van der Waals surface area contributed by atoms with Crippen LogP contribution in [0.2, 0.25) is 0 Å². The predicted molar refractivity (Wildman–Crippen MR) is 82.2 cm³/mol. The molecule has 0 N–H and O–H groups in total. The van der Waals surface area contributed by atoms with Crippen LogP contribution >= 0.6 is 0 Å². The maximum absolute atomic E-state index is 12.6. The topological polar surface area (TPSA) is 30.7 Å². The number of alkyl halides is 3. The van der Waals surface area contributed by atoms with E-state index >= 15 is 0 Å². The average Bonchev–Trinajstić information content (AvgIpc) is 2.86. The van der Waals surface area contributed by atoms with Crippen molar-refractivity contribution in [1.29, 1.82) is 0 Å². The summed E-state index contributed by atoms with van der Waals surface area (Å²) >= 11 is 0. The number of pyridine rings is 1. The van der Waals surface area contributed by atoms with E-state index in [2.05, 4.69) is 9.97 Å². The van der Waals surface area contributed by atoms with Gasteiger partial charge in [0.05, 0.1) is 12.1 Å². The zero-order valence-electron chi connectivity index (χ0n) is 12.8. The fourth-order valence-electron chi connectivity index (χ4n) is 2.55. The van der Waals surface area contributed by atoms with Crippen molar-refractivity contribution in [1.82, 2.24) is 14.5 Å². The molecule has 0 aliphatic carbocycles. The van der Waals surface area contributed by atoms with Crippen molar-refractivity contribution in [3.05, 3.63) is 59.5 Å². The van der Waals surface area contributed by atoms with Gasteiger partial charge in [-0.1, -0.05) is 26.0 Å². The number of hydrogen-bond donors (Lipinski definition) is 0. The molecule has 1 aromatic carbocycles. The normalized spacial score (nSPS) is 12.3. The molecule has 3 nitrogen and oxygen atoms in total. The molecule has 2 aromatic heterocycles. The SMILES string of the molecule is CC(C)c1nc2cccnc2n1Cc1ccc(C(F)(F)F)cc1. The largest absolute Gasteiger partial charge is 0.416 e. The monoisotopic (exact) mass is 319 g/mol. The first-order chi connectivity index (χ1) is 10.9. The van der Waals surface area contributed by atoms with Gasteiger partial charge in [0.1, 0.15) is 11.3 Å². The Morgan fingerprint density at radius 1 is 1.09 bits per heavy atom. The van der Waals surface area contributed by atoms with E-state index in [0.29, 0.717) is 6.54 Å². The van der Waals surface area contributed by atoms with Gasteiger partial charge in [0.2, 0.25) is 0 Å². The van der Waals surface area contributed by atoms with Crippen LogP contribution in [-0.4, -0.2) is 14.5 Å². The number of aromatic nitrogens is 3. The highest BCUT2D eigenvalue weighted by Gasteiger charge is 2.30. The smallest absolute Gasteiger partial charge is 0.308 e.